The predicted octanol–water partition coefficient (Wildman–Crippen LogP) is 4.34. The van der Waals surface area contributed by atoms with Crippen molar-refractivity contribution in [1.82, 2.24) is 9.97 Å². The highest BCUT2D eigenvalue weighted by Gasteiger charge is 2.06. The van der Waals surface area contributed by atoms with Crippen molar-refractivity contribution in [2.24, 2.45) is 0 Å². The smallest absolute Gasteiger partial charge is 0.217 e. The van der Waals surface area contributed by atoms with E-state index in [2.05, 4.69) is 35.1 Å². The molecule has 0 fully saturated rings. The number of benzene rings is 2. The van der Waals surface area contributed by atoms with E-state index in [1.54, 1.807) is 0 Å². The lowest BCUT2D eigenvalue weighted by atomic mass is 10.1. The maximum absolute atomic E-state index is 5.84. The minimum absolute atomic E-state index is 0.506. The van der Waals surface area contributed by atoms with Crippen LogP contribution in [0.15, 0.2) is 60.7 Å². The van der Waals surface area contributed by atoms with Gasteiger partial charge < -0.3 is 4.74 Å². The fraction of sp³-hybridized carbons (Fsp3) is 0.158. The maximum atomic E-state index is 5.84. The average molecular weight is 290 g/mol. The van der Waals surface area contributed by atoms with Gasteiger partial charge in [0.1, 0.15) is 6.61 Å². The molecule has 0 spiro atoms. The van der Waals surface area contributed by atoms with Crippen molar-refractivity contribution in [2.45, 2.75) is 20.5 Å². The molecule has 22 heavy (non-hydrogen) atoms. The van der Waals surface area contributed by atoms with Gasteiger partial charge in [-0.2, -0.15) is 4.98 Å². The van der Waals surface area contributed by atoms with Crippen LogP contribution in [0.25, 0.3) is 11.4 Å². The average Bonchev–Trinajstić information content (AvgIpc) is 2.53. The highest BCUT2D eigenvalue weighted by Crippen LogP contribution is 2.19. The van der Waals surface area contributed by atoms with Crippen LogP contribution >= 0.6 is 0 Å². The largest absolute Gasteiger partial charge is 0.473 e. The molecule has 0 atom stereocenters. The van der Waals surface area contributed by atoms with E-state index in [0.717, 1.165) is 16.8 Å². The van der Waals surface area contributed by atoms with Gasteiger partial charge in [-0.1, -0.05) is 60.2 Å². The summed E-state index contributed by atoms with van der Waals surface area (Å²) in [6.45, 7) is 4.53. The van der Waals surface area contributed by atoms with Crippen molar-refractivity contribution in [3.63, 3.8) is 0 Å². The Kier molecular flexibility index (Phi) is 4.15. The van der Waals surface area contributed by atoms with Crippen LogP contribution in [0.3, 0.4) is 0 Å². The first-order valence-corrected chi connectivity index (χ1v) is 7.30. The van der Waals surface area contributed by atoms with E-state index < -0.39 is 0 Å². The summed E-state index contributed by atoms with van der Waals surface area (Å²) in [6.07, 6.45) is 0. The Morgan fingerprint density at radius 1 is 0.864 bits per heavy atom. The van der Waals surface area contributed by atoms with E-state index in [9.17, 15) is 0 Å². The molecule has 1 aromatic heterocycles. The van der Waals surface area contributed by atoms with Crippen LogP contribution in [0.2, 0.25) is 0 Å². The van der Waals surface area contributed by atoms with Crippen LogP contribution in [-0.2, 0) is 6.61 Å². The number of aromatic nitrogens is 2. The molecule has 0 radical (unpaired) electrons. The van der Waals surface area contributed by atoms with Crippen LogP contribution in [-0.4, -0.2) is 9.97 Å². The number of aryl methyl sites for hydroxylation is 2. The molecule has 3 rings (SSSR count). The highest BCUT2D eigenvalue weighted by atomic mass is 16.5. The Labute approximate surface area is 130 Å². The number of hydrogen-bond donors (Lipinski definition) is 0. The van der Waals surface area contributed by atoms with Crippen LogP contribution in [0.5, 0.6) is 5.88 Å². The van der Waals surface area contributed by atoms with Crippen molar-refractivity contribution >= 4 is 0 Å². The predicted molar refractivity (Wildman–Crippen MR) is 87.7 cm³/mol. The van der Waals surface area contributed by atoms with Gasteiger partial charge in [-0.05, 0) is 19.4 Å². The van der Waals surface area contributed by atoms with Crippen molar-refractivity contribution in [3.8, 4) is 17.3 Å². The van der Waals surface area contributed by atoms with Gasteiger partial charge >= 0.3 is 0 Å². The summed E-state index contributed by atoms with van der Waals surface area (Å²) in [4.78, 5) is 8.99. The molecular weight excluding hydrogens is 272 g/mol. The number of rotatable bonds is 4. The lowest BCUT2D eigenvalue weighted by Gasteiger charge is -2.09. The molecule has 0 saturated heterocycles. The van der Waals surface area contributed by atoms with E-state index in [4.69, 9.17) is 4.74 Å². The van der Waals surface area contributed by atoms with E-state index in [0.29, 0.717) is 18.3 Å². The molecule has 0 saturated carbocycles. The summed E-state index contributed by atoms with van der Waals surface area (Å²) in [6, 6.07) is 20.1. The summed E-state index contributed by atoms with van der Waals surface area (Å²) >= 11 is 0. The molecule has 0 aliphatic rings. The van der Waals surface area contributed by atoms with Crippen LogP contribution in [0.4, 0.5) is 0 Å². The fourth-order valence-electron chi connectivity index (χ4n) is 2.29. The van der Waals surface area contributed by atoms with Gasteiger partial charge in [0.15, 0.2) is 5.82 Å². The summed E-state index contributed by atoms with van der Waals surface area (Å²) in [7, 11) is 0. The second-order valence-corrected chi connectivity index (χ2v) is 5.31. The molecule has 2 aromatic carbocycles. The number of nitrogens with zero attached hydrogens (tertiary/aromatic N) is 2. The lowest BCUT2D eigenvalue weighted by molar-refractivity contribution is 0.293. The van der Waals surface area contributed by atoms with Gasteiger partial charge in [-0.15, -0.1) is 0 Å². The molecule has 0 unspecified atom stereocenters. The molecule has 1 heterocycles. The Morgan fingerprint density at radius 3 is 2.45 bits per heavy atom. The van der Waals surface area contributed by atoms with Crippen molar-refractivity contribution in [3.05, 3.63) is 77.5 Å². The quantitative estimate of drug-likeness (QED) is 0.717. The highest BCUT2D eigenvalue weighted by molar-refractivity contribution is 5.55. The topological polar surface area (TPSA) is 35.0 Å². The van der Waals surface area contributed by atoms with Crippen molar-refractivity contribution in [1.29, 1.82) is 0 Å². The van der Waals surface area contributed by atoms with Crippen LogP contribution in [0.1, 0.15) is 16.8 Å². The molecule has 3 nitrogen and oxygen atoms in total. The molecule has 3 aromatic rings. The first-order chi connectivity index (χ1) is 10.7. The Hall–Kier alpha value is -2.68. The van der Waals surface area contributed by atoms with Gasteiger partial charge in [-0.25, -0.2) is 4.98 Å². The minimum Gasteiger partial charge on any atom is -0.473 e. The zero-order valence-electron chi connectivity index (χ0n) is 12.8. The maximum Gasteiger partial charge on any atom is 0.217 e. The SMILES string of the molecule is Cc1cccc(COc2cc(C)nc(-c3ccccc3)n2)c1. The summed E-state index contributed by atoms with van der Waals surface area (Å²) < 4.78 is 5.84. The second-order valence-electron chi connectivity index (χ2n) is 5.31. The molecular formula is C19H18N2O. The number of hydrogen-bond acceptors (Lipinski definition) is 3. The lowest BCUT2D eigenvalue weighted by Crippen LogP contribution is -2.00. The molecule has 0 N–H and O–H groups in total. The van der Waals surface area contributed by atoms with Gasteiger partial charge in [0.2, 0.25) is 5.88 Å². The molecule has 3 heteroatoms. The van der Waals surface area contributed by atoms with Crippen molar-refractivity contribution < 1.29 is 4.74 Å². The van der Waals surface area contributed by atoms with Crippen molar-refractivity contribution in [2.75, 3.05) is 0 Å². The molecule has 110 valence electrons. The first kappa shape index (κ1) is 14.3. The standard InChI is InChI=1S/C19H18N2O/c1-14-7-6-8-16(11-14)13-22-18-12-15(2)20-19(21-18)17-9-4-3-5-10-17/h3-12H,13H2,1-2H3. The van der Waals surface area contributed by atoms with Crippen LogP contribution < -0.4 is 4.74 Å². The van der Waals surface area contributed by atoms with Gasteiger partial charge in [-0.3, -0.25) is 0 Å². The molecule has 0 amide bonds. The summed E-state index contributed by atoms with van der Waals surface area (Å²) in [5, 5.41) is 0. The van der Waals surface area contributed by atoms with Gasteiger partial charge in [0.25, 0.3) is 0 Å². The monoisotopic (exact) mass is 290 g/mol. The summed E-state index contributed by atoms with van der Waals surface area (Å²) in [5.41, 5.74) is 4.25. The van der Waals surface area contributed by atoms with E-state index >= 15 is 0 Å². The van der Waals surface area contributed by atoms with E-state index in [-0.39, 0.29) is 0 Å². The fourth-order valence-corrected chi connectivity index (χ4v) is 2.29. The van der Waals surface area contributed by atoms with Gasteiger partial charge in [0.05, 0.1) is 0 Å². The number of ether oxygens (including phenoxy) is 1. The second kappa shape index (κ2) is 6.39. The zero-order chi connectivity index (χ0) is 15.4. The molecule has 0 aliphatic carbocycles. The van der Waals surface area contributed by atoms with E-state index in [1.807, 2.05) is 49.4 Å². The van der Waals surface area contributed by atoms with Crippen LogP contribution in [0, 0.1) is 13.8 Å². The Bertz CT molecular complexity index is 769. The van der Waals surface area contributed by atoms with Gasteiger partial charge in [0, 0.05) is 17.3 Å². The minimum atomic E-state index is 0.506. The summed E-state index contributed by atoms with van der Waals surface area (Å²) in [5.74, 6) is 1.30. The Morgan fingerprint density at radius 2 is 1.68 bits per heavy atom. The Balaban J connectivity index is 1.81. The third-order valence-corrected chi connectivity index (χ3v) is 3.33. The third-order valence-electron chi connectivity index (χ3n) is 3.33. The third kappa shape index (κ3) is 3.50. The van der Waals surface area contributed by atoms with E-state index in [1.165, 1.54) is 5.56 Å². The zero-order valence-corrected chi connectivity index (χ0v) is 12.8. The first-order valence-electron chi connectivity index (χ1n) is 7.30. The molecule has 0 aliphatic heterocycles. The normalized spacial score (nSPS) is 10.5. The molecule has 0 bridgehead atoms.